The smallest absolute Gasteiger partial charge is 0.142 e. The highest BCUT2D eigenvalue weighted by molar-refractivity contribution is 9.10. The average molecular weight is 363 g/mol. The molecule has 0 aliphatic rings. The first-order valence-electron chi connectivity index (χ1n) is 5.97. The van der Waals surface area contributed by atoms with E-state index in [2.05, 4.69) is 34.2 Å². The Labute approximate surface area is 129 Å². The number of rotatable bonds is 4. The molecule has 1 nitrogen and oxygen atoms in total. The van der Waals surface area contributed by atoms with E-state index in [1.807, 2.05) is 13.0 Å². The molecule has 1 unspecified atom stereocenters. The van der Waals surface area contributed by atoms with Crippen LogP contribution in [0.15, 0.2) is 28.7 Å². The van der Waals surface area contributed by atoms with E-state index in [1.54, 1.807) is 17.4 Å². The number of hydrogen-bond donors (Lipinski definition) is 1. The van der Waals surface area contributed by atoms with Crippen molar-refractivity contribution >= 4 is 38.9 Å². The van der Waals surface area contributed by atoms with E-state index in [0.29, 0.717) is 0 Å². The van der Waals surface area contributed by atoms with E-state index >= 15 is 0 Å². The average Bonchev–Trinajstić information content (AvgIpc) is 2.70. The number of benzene rings is 1. The van der Waals surface area contributed by atoms with Gasteiger partial charge in [0.2, 0.25) is 0 Å². The first-order chi connectivity index (χ1) is 9.02. The third kappa shape index (κ3) is 3.37. The molecule has 0 radical (unpaired) electrons. The quantitative estimate of drug-likeness (QED) is 0.777. The molecule has 1 aromatic heterocycles. The molecule has 5 heteroatoms. The molecular weight excluding hydrogens is 349 g/mol. The summed E-state index contributed by atoms with van der Waals surface area (Å²) in [6.45, 7) is 4.90. The molecule has 1 atom stereocenters. The van der Waals surface area contributed by atoms with E-state index in [4.69, 9.17) is 11.6 Å². The molecule has 0 aliphatic carbocycles. The number of nitrogens with one attached hydrogen (secondary N) is 1. The van der Waals surface area contributed by atoms with Gasteiger partial charge in [-0.3, -0.25) is 0 Å². The van der Waals surface area contributed by atoms with E-state index in [9.17, 15) is 4.39 Å². The highest BCUT2D eigenvalue weighted by Gasteiger charge is 2.17. The molecule has 0 saturated carbocycles. The van der Waals surface area contributed by atoms with E-state index in [1.165, 1.54) is 10.9 Å². The lowest BCUT2D eigenvalue weighted by atomic mass is 10.1. The summed E-state index contributed by atoms with van der Waals surface area (Å²) in [7, 11) is 0. The molecule has 2 aromatic rings. The molecule has 0 amide bonds. The lowest BCUT2D eigenvalue weighted by Gasteiger charge is -2.17. The van der Waals surface area contributed by atoms with Gasteiger partial charge in [-0.05, 0) is 53.2 Å². The summed E-state index contributed by atoms with van der Waals surface area (Å²) in [5, 5.41) is 3.54. The molecule has 102 valence electrons. The van der Waals surface area contributed by atoms with Gasteiger partial charge in [0.15, 0.2) is 0 Å². The molecule has 0 saturated heterocycles. The first-order valence-corrected chi connectivity index (χ1v) is 7.95. The zero-order valence-corrected chi connectivity index (χ0v) is 13.8. The van der Waals surface area contributed by atoms with Crippen LogP contribution < -0.4 is 5.32 Å². The van der Waals surface area contributed by atoms with E-state index < -0.39 is 0 Å². The van der Waals surface area contributed by atoms with Crippen molar-refractivity contribution in [2.75, 3.05) is 6.54 Å². The predicted molar refractivity (Wildman–Crippen MR) is 83.7 cm³/mol. The van der Waals surface area contributed by atoms with E-state index in [0.717, 1.165) is 21.5 Å². The van der Waals surface area contributed by atoms with Gasteiger partial charge >= 0.3 is 0 Å². The van der Waals surface area contributed by atoms with Crippen LogP contribution in [0.1, 0.15) is 28.3 Å². The molecule has 1 heterocycles. The second-order valence-electron chi connectivity index (χ2n) is 4.22. The van der Waals surface area contributed by atoms with Gasteiger partial charge < -0.3 is 5.32 Å². The minimum atomic E-state index is -0.380. The Morgan fingerprint density at radius 2 is 2.16 bits per heavy atom. The van der Waals surface area contributed by atoms with Gasteiger partial charge in [0, 0.05) is 14.2 Å². The second-order valence-corrected chi connectivity index (χ2v) is 6.77. The van der Waals surface area contributed by atoms with Crippen LogP contribution in [0.3, 0.4) is 0 Å². The molecule has 1 N–H and O–H groups in total. The number of aryl methyl sites for hydroxylation is 1. The fourth-order valence-corrected chi connectivity index (χ4v) is 3.69. The maximum atomic E-state index is 13.6. The SMILES string of the molecule is CCNC(c1ccc(Cl)c(F)c1)c1cc(Br)c(C)s1. The van der Waals surface area contributed by atoms with Crippen LogP contribution in [-0.4, -0.2) is 6.54 Å². The lowest BCUT2D eigenvalue weighted by molar-refractivity contribution is 0.607. The van der Waals surface area contributed by atoms with Gasteiger partial charge in [-0.2, -0.15) is 0 Å². The summed E-state index contributed by atoms with van der Waals surface area (Å²) in [6, 6.07) is 7.04. The van der Waals surface area contributed by atoms with Crippen LogP contribution in [-0.2, 0) is 0 Å². The predicted octanol–water partition coefficient (Wildman–Crippen LogP) is 5.31. The Bertz CT molecular complexity index is 565. The largest absolute Gasteiger partial charge is 0.306 e. The summed E-state index contributed by atoms with van der Waals surface area (Å²) in [5.41, 5.74) is 0.887. The second kappa shape index (κ2) is 6.35. The van der Waals surface area contributed by atoms with Gasteiger partial charge in [-0.25, -0.2) is 4.39 Å². The Morgan fingerprint density at radius 1 is 1.42 bits per heavy atom. The van der Waals surface area contributed by atoms with Crippen molar-refractivity contribution < 1.29 is 4.39 Å². The van der Waals surface area contributed by atoms with E-state index in [-0.39, 0.29) is 16.9 Å². The third-order valence-corrected chi connectivity index (χ3v) is 5.35. The highest BCUT2D eigenvalue weighted by atomic mass is 79.9. The van der Waals surface area contributed by atoms with Crippen molar-refractivity contribution in [1.82, 2.24) is 5.32 Å². The minimum absolute atomic E-state index is 0.00762. The molecule has 1 aromatic carbocycles. The van der Waals surface area contributed by atoms with Crippen molar-refractivity contribution in [2.45, 2.75) is 19.9 Å². The molecule has 0 bridgehead atoms. The van der Waals surface area contributed by atoms with Gasteiger partial charge in [0.1, 0.15) is 5.82 Å². The van der Waals surface area contributed by atoms with Crippen LogP contribution >= 0.6 is 38.9 Å². The normalized spacial score (nSPS) is 12.7. The topological polar surface area (TPSA) is 12.0 Å². The van der Waals surface area contributed by atoms with Crippen molar-refractivity contribution in [2.24, 2.45) is 0 Å². The Hall–Kier alpha value is -0.420. The van der Waals surface area contributed by atoms with Gasteiger partial charge in [-0.15, -0.1) is 11.3 Å². The monoisotopic (exact) mass is 361 g/mol. The summed E-state index contributed by atoms with van der Waals surface area (Å²) < 4.78 is 14.7. The van der Waals surface area contributed by atoms with Gasteiger partial charge in [0.05, 0.1) is 11.1 Å². The van der Waals surface area contributed by atoms with Crippen molar-refractivity contribution in [3.05, 3.63) is 54.9 Å². The summed E-state index contributed by atoms with van der Waals surface area (Å²) in [6.07, 6.45) is 0. The Kier molecular flexibility index (Phi) is 5.01. The maximum Gasteiger partial charge on any atom is 0.142 e. The number of thiophene rings is 1. The lowest BCUT2D eigenvalue weighted by Crippen LogP contribution is -2.21. The Morgan fingerprint density at radius 3 is 2.68 bits per heavy atom. The third-order valence-electron chi connectivity index (χ3n) is 2.85. The number of hydrogen-bond acceptors (Lipinski definition) is 2. The molecular formula is C14H14BrClFNS. The summed E-state index contributed by atoms with van der Waals surface area (Å²) in [5.74, 6) is -0.380. The Balaban J connectivity index is 2.41. The van der Waals surface area contributed by atoms with Gasteiger partial charge in [0.25, 0.3) is 0 Å². The zero-order valence-electron chi connectivity index (χ0n) is 10.6. The fraction of sp³-hybridized carbons (Fsp3) is 0.286. The van der Waals surface area contributed by atoms with Crippen molar-refractivity contribution in [3.63, 3.8) is 0 Å². The standard InChI is InChI=1S/C14H14BrClFNS/c1-3-18-14(13-7-10(15)8(2)19-13)9-4-5-11(16)12(17)6-9/h4-7,14,18H,3H2,1-2H3. The van der Waals surface area contributed by atoms with Gasteiger partial charge in [-0.1, -0.05) is 24.6 Å². The minimum Gasteiger partial charge on any atom is -0.306 e. The van der Waals surface area contributed by atoms with Crippen LogP contribution in [0.25, 0.3) is 0 Å². The first kappa shape index (κ1) is 15.0. The molecule has 19 heavy (non-hydrogen) atoms. The van der Waals surface area contributed by atoms with Crippen LogP contribution in [0.2, 0.25) is 5.02 Å². The number of halogens is 3. The zero-order chi connectivity index (χ0) is 14.0. The molecule has 0 spiro atoms. The maximum absolute atomic E-state index is 13.6. The molecule has 0 aliphatic heterocycles. The van der Waals surface area contributed by atoms with Crippen LogP contribution in [0.4, 0.5) is 4.39 Å². The van der Waals surface area contributed by atoms with Crippen molar-refractivity contribution in [1.29, 1.82) is 0 Å². The van der Waals surface area contributed by atoms with Crippen LogP contribution in [0.5, 0.6) is 0 Å². The fourth-order valence-electron chi connectivity index (χ4n) is 1.90. The molecule has 2 rings (SSSR count). The summed E-state index contributed by atoms with van der Waals surface area (Å²) in [4.78, 5) is 2.38. The summed E-state index contributed by atoms with van der Waals surface area (Å²) >= 11 is 11.0. The van der Waals surface area contributed by atoms with Crippen LogP contribution in [0, 0.1) is 12.7 Å². The molecule has 0 fully saturated rings. The highest BCUT2D eigenvalue weighted by Crippen LogP contribution is 2.34. The van der Waals surface area contributed by atoms with Crippen molar-refractivity contribution in [3.8, 4) is 0 Å².